The summed E-state index contributed by atoms with van der Waals surface area (Å²) < 4.78 is 5.23. The molecule has 0 aliphatic carbocycles. The van der Waals surface area contributed by atoms with Gasteiger partial charge in [0, 0.05) is 5.56 Å². The van der Waals surface area contributed by atoms with E-state index in [1.54, 1.807) is 13.2 Å². The molecular formula is C11H16O2. The molecule has 0 saturated carbocycles. The molecule has 0 atom stereocenters. The Kier molecular flexibility index (Phi) is 3.29. The zero-order chi connectivity index (χ0) is 9.84. The van der Waals surface area contributed by atoms with Crippen molar-refractivity contribution in [2.24, 2.45) is 0 Å². The lowest BCUT2D eigenvalue weighted by molar-refractivity contribution is 0.101. The highest BCUT2D eigenvalue weighted by molar-refractivity contribution is 5.96. The highest BCUT2D eigenvalue weighted by atomic mass is 16.3. The first-order valence-electron chi connectivity index (χ1n) is 4.74. The molecule has 0 N–H and O–H groups in total. The van der Waals surface area contributed by atoms with Crippen LogP contribution in [0.15, 0.2) is 10.7 Å². The number of carbonyl (C=O) groups excluding carboxylic acids is 1. The fourth-order valence-electron chi connectivity index (χ4n) is 1.53. The molecule has 0 saturated heterocycles. The zero-order valence-electron chi connectivity index (χ0n) is 8.52. The van der Waals surface area contributed by atoms with Crippen LogP contribution in [0.4, 0.5) is 0 Å². The molecule has 0 radical (unpaired) electrons. The summed E-state index contributed by atoms with van der Waals surface area (Å²) in [6.45, 7) is 5.57. The van der Waals surface area contributed by atoms with Crippen molar-refractivity contribution in [2.75, 3.05) is 0 Å². The number of carbonyl (C=O) groups is 1. The van der Waals surface area contributed by atoms with Gasteiger partial charge in [-0.25, -0.2) is 0 Å². The molecule has 0 bridgehead atoms. The van der Waals surface area contributed by atoms with Crippen LogP contribution >= 0.6 is 0 Å². The van der Waals surface area contributed by atoms with E-state index in [1.807, 2.05) is 6.92 Å². The van der Waals surface area contributed by atoms with E-state index in [0.717, 1.165) is 36.1 Å². The molecule has 1 heterocycles. The Morgan fingerprint density at radius 1 is 1.54 bits per heavy atom. The third kappa shape index (κ3) is 2.20. The van der Waals surface area contributed by atoms with Crippen molar-refractivity contribution in [1.29, 1.82) is 0 Å². The van der Waals surface area contributed by atoms with Gasteiger partial charge in [0.25, 0.3) is 0 Å². The summed E-state index contributed by atoms with van der Waals surface area (Å²) in [5.74, 6) is 0.857. The minimum Gasteiger partial charge on any atom is -0.469 e. The van der Waals surface area contributed by atoms with E-state index in [4.69, 9.17) is 4.42 Å². The van der Waals surface area contributed by atoms with Crippen molar-refractivity contribution in [3.8, 4) is 0 Å². The van der Waals surface area contributed by atoms with Crippen molar-refractivity contribution in [1.82, 2.24) is 0 Å². The molecule has 0 spiro atoms. The van der Waals surface area contributed by atoms with E-state index in [2.05, 4.69) is 6.92 Å². The van der Waals surface area contributed by atoms with Crippen molar-refractivity contribution in [2.45, 2.75) is 40.0 Å². The van der Waals surface area contributed by atoms with Gasteiger partial charge < -0.3 is 4.42 Å². The van der Waals surface area contributed by atoms with E-state index in [9.17, 15) is 4.79 Å². The van der Waals surface area contributed by atoms with Gasteiger partial charge in [0.1, 0.15) is 5.76 Å². The van der Waals surface area contributed by atoms with Crippen LogP contribution in [-0.4, -0.2) is 5.78 Å². The molecule has 0 unspecified atom stereocenters. The average Bonchev–Trinajstić information content (AvgIpc) is 2.43. The highest BCUT2D eigenvalue weighted by Gasteiger charge is 2.13. The predicted molar refractivity (Wildman–Crippen MR) is 52.1 cm³/mol. The number of ketones is 1. The van der Waals surface area contributed by atoms with Crippen LogP contribution in [0.2, 0.25) is 0 Å². The number of unbranched alkanes of at least 4 members (excludes halogenated alkanes) is 1. The maximum absolute atomic E-state index is 11.3. The Balaban J connectivity index is 2.87. The summed E-state index contributed by atoms with van der Waals surface area (Å²) >= 11 is 0. The second kappa shape index (κ2) is 4.26. The SMILES string of the molecule is CCCCc1coc(C)c1C(C)=O. The zero-order valence-corrected chi connectivity index (χ0v) is 8.52. The summed E-state index contributed by atoms with van der Waals surface area (Å²) in [4.78, 5) is 11.3. The normalized spacial score (nSPS) is 10.4. The standard InChI is InChI=1S/C11H16O2/c1-4-5-6-10-7-13-9(3)11(10)8(2)12/h7H,4-6H2,1-3H3. The van der Waals surface area contributed by atoms with Crippen LogP contribution in [0.5, 0.6) is 0 Å². The van der Waals surface area contributed by atoms with Crippen LogP contribution in [0.25, 0.3) is 0 Å². The largest absolute Gasteiger partial charge is 0.469 e. The summed E-state index contributed by atoms with van der Waals surface area (Å²) in [5, 5.41) is 0. The molecule has 13 heavy (non-hydrogen) atoms. The number of hydrogen-bond donors (Lipinski definition) is 0. The smallest absolute Gasteiger partial charge is 0.163 e. The molecule has 2 heteroatoms. The molecule has 1 aromatic heterocycles. The minimum atomic E-state index is 0.109. The first-order valence-corrected chi connectivity index (χ1v) is 4.74. The van der Waals surface area contributed by atoms with Gasteiger partial charge in [0.15, 0.2) is 5.78 Å². The summed E-state index contributed by atoms with van der Waals surface area (Å²) in [6.07, 6.45) is 4.91. The molecule has 1 aromatic rings. The minimum absolute atomic E-state index is 0.109. The lowest BCUT2D eigenvalue weighted by Gasteiger charge is -1.98. The molecule has 0 amide bonds. The summed E-state index contributed by atoms with van der Waals surface area (Å²) in [6, 6.07) is 0. The van der Waals surface area contributed by atoms with E-state index < -0.39 is 0 Å². The predicted octanol–water partition coefficient (Wildman–Crippen LogP) is 3.13. The quantitative estimate of drug-likeness (QED) is 0.666. The van der Waals surface area contributed by atoms with Crippen molar-refractivity contribution in [3.05, 3.63) is 23.2 Å². The summed E-state index contributed by atoms with van der Waals surface area (Å²) in [5.41, 5.74) is 1.85. The molecule has 0 fully saturated rings. The van der Waals surface area contributed by atoms with E-state index in [1.165, 1.54) is 0 Å². The van der Waals surface area contributed by atoms with E-state index >= 15 is 0 Å². The molecule has 1 rings (SSSR count). The van der Waals surface area contributed by atoms with Crippen LogP contribution in [0.3, 0.4) is 0 Å². The summed E-state index contributed by atoms with van der Waals surface area (Å²) in [7, 11) is 0. The lowest BCUT2D eigenvalue weighted by atomic mass is 10.0. The molecular weight excluding hydrogens is 164 g/mol. The number of rotatable bonds is 4. The maximum atomic E-state index is 11.3. The first kappa shape index (κ1) is 10.0. The Labute approximate surface area is 78.9 Å². The number of Topliss-reactive ketones (excluding diaryl/α,β-unsaturated/α-hetero) is 1. The van der Waals surface area contributed by atoms with Gasteiger partial charge in [-0.1, -0.05) is 13.3 Å². The molecule has 0 aliphatic rings. The van der Waals surface area contributed by atoms with Gasteiger partial charge in [-0.15, -0.1) is 0 Å². The fraction of sp³-hybridized carbons (Fsp3) is 0.545. The monoisotopic (exact) mass is 180 g/mol. The topological polar surface area (TPSA) is 30.2 Å². The number of furan rings is 1. The Bertz CT molecular complexity index is 297. The number of hydrogen-bond acceptors (Lipinski definition) is 2. The molecule has 72 valence electrons. The van der Waals surface area contributed by atoms with Crippen LogP contribution in [-0.2, 0) is 6.42 Å². The second-order valence-corrected chi connectivity index (χ2v) is 3.35. The Morgan fingerprint density at radius 2 is 2.23 bits per heavy atom. The average molecular weight is 180 g/mol. The second-order valence-electron chi connectivity index (χ2n) is 3.35. The van der Waals surface area contributed by atoms with Gasteiger partial charge >= 0.3 is 0 Å². The maximum Gasteiger partial charge on any atom is 0.163 e. The van der Waals surface area contributed by atoms with Crippen molar-refractivity contribution in [3.63, 3.8) is 0 Å². The van der Waals surface area contributed by atoms with Gasteiger partial charge in [0.05, 0.1) is 11.8 Å². The molecule has 0 aromatic carbocycles. The van der Waals surface area contributed by atoms with E-state index in [0.29, 0.717) is 0 Å². The third-order valence-electron chi connectivity index (χ3n) is 2.20. The lowest BCUT2D eigenvalue weighted by Crippen LogP contribution is -1.97. The van der Waals surface area contributed by atoms with Crippen molar-refractivity contribution >= 4 is 5.78 Å². The number of aryl methyl sites for hydroxylation is 2. The Hall–Kier alpha value is -1.05. The van der Waals surface area contributed by atoms with Gasteiger partial charge in [-0.3, -0.25) is 4.79 Å². The Morgan fingerprint density at radius 3 is 2.77 bits per heavy atom. The van der Waals surface area contributed by atoms with Crippen LogP contribution in [0.1, 0.15) is 48.4 Å². The van der Waals surface area contributed by atoms with E-state index in [-0.39, 0.29) is 5.78 Å². The van der Waals surface area contributed by atoms with Crippen LogP contribution < -0.4 is 0 Å². The van der Waals surface area contributed by atoms with Crippen LogP contribution in [0, 0.1) is 6.92 Å². The van der Waals surface area contributed by atoms with Gasteiger partial charge in [-0.05, 0) is 26.7 Å². The highest BCUT2D eigenvalue weighted by Crippen LogP contribution is 2.19. The molecule has 0 aliphatic heterocycles. The van der Waals surface area contributed by atoms with Crippen molar-refractivity contribution < 1.29 is 9.21 Å². The first-order chi connectivity index (χ1) is 6.16. The van der Waals surface area contributed by atoms with Gasteiger partial charge in [-0.2, -0.15) is 0 Å². The third-order valence-corrected chi connectivity index (χ3v) is 2.20. The molecule has 2 nitrogen and oxygen atoms in total. The van der Waals surface area contributed by atoms with Gasteiger partial charge in [0.2, 0.25) is 0 Å². The fourth-order valence-corrected chi connectivity index (χ4v) is 1.53.